The molecule has 1 aliphatic rings. The van der Waals surface area contributed by atoms with Crippen LogP contribution in [0.15, 0.2) is 54.6 Å². The third-order valence-corrected chi connectivity index (χ3v) is 4.51. The summed E-state index contributed by atoms with van der Waals surface area (Å²) in [5.41, 5.74) is 2.74. The first-order valence-electron chi connectivity index (χ1n) is 8.35. The van der Waals surface area contributed by atoms with E-state index in [1.54, 1.807) is 24.3 Å². The summed E-state index contributed by atoms with van der Waals surface area (Å²) >= 11 is 0. The van der Waals surface area contributed by atoms with Crippen LogP contribution in [-0.2, 0) is 4.79 Å². The number of anilines is 1. The van der Waals surface area contributed by atoms with E-state index in [9.17, 15) is 9.59 Å². The van der Waals surface area contributed by atoms with Gasteiger partial charge >= 0.3 is 0 Å². The van der Waals surface area contributed by atoms with Crippen LogP contribution in [0, 0.1) is 0 Å². The Morgan fingerprint density at radius 3 is 2.17 bits per heavy atom. The zero-order chi connectivity index (χ0) is 16.9. The van der Waals surface area contributed by atoms with Gasteiger partial charge in [0.05, 0.1) is 0 Å². The second-order valence-corrected chi connectivity index (χ2v) is 6.24. The van der Waals surface area contributed by atoms with Crippen LogP contribution >= 0.6 is 0 Å². The molecule has 1 aliphatic heterocycles. The van der Waals surface area contributed by atoms with Crippen LogP contribution in [0.2, 0.25) is 0 Å². The highest BCUT2D eigenvalue weighted by atomic mass is 16.2. The second kappa shape index (κ2) is 7.30. The van der Waals surface area contributed by atoms with Gasteiger partial charge in [0, 0.05) is 31.3 Å². The van der Waals surface area contributed by atoms with Crippen molar-refractivity contribution in [2.24, 2.45) is 0 Å². The molecular weight excluding hydrogens is 300 g/mol. The summed E-state index contributed by atoms with van der Waals surface area (Å²) in [7, 11) is 0. The Labute approximate surface area is 142 Å². The summed E-state index contributed by atoms with van der Waals surface area (Å²) in [6, 6.07) is 17.6. The molecule has 1 saturated heterocycles. The molecule has 0 spiro atoms. The summed E-state index contributed by atoms with van der Waals surface area (Å²) in [6.45, 7) is 3.04. The molecule has 1 heterocycles. The van der Waals surface area contributed by atoms with Gasteiger partial charge in [-0.2, -0.15) is 0 Å². The van der Waals surface area contributed by atoms with Gasteiger partial charge in [0.15, 0.2) is 0 Å². The van der Waals surface area contributed by atoms with Crippen molar-refractivity contribution in [2.45, 2.75) is 25.7 Å². The predicted octanol–water partition coefficient (Wildman–Crippen LogP) is 3.66. The minimum absolute atomic E-state index is 0.0656. The van der Waals surface area contributed by atoms with Crippen molar-refractivity contribution >= 4 is 17.5 Å². The fraction of sp³-hybridized carbons (Fsp3) is 0.300. The first kappa shape index (κ1) is 16.2. The fourth-order valence-corrected chi connectivity index (χ4v) is 3.22. The molecule has 2 aromatic carbocycles. The normalized spacial score (nSPS) is 15.1. The highest BCUT2D eigenvalue weighted by Crippen LogP contribution is 2.28. The van der Waals surface area contributed by atoms with Gasteiger partial charge < -0.3 is 10.2 Å². The molecule has 4 nitrogen and oxygen atoms in total. The Hall–Kier alpha value is -2.62. The maximum Gasteiger partial charge on any atom is 0.253 e. The molecule has 0 aliphatic carbocycles. The van der Waals surface area contributed by atoms with Gasteiger partial charge in [-0.05, 0) is 48.6 Å². The zero-order valence-electron chi connectivity index (χ0n) is 13.9. The van der Waals surface area contributed by atoms with Crippen LogP contribution in [-0.4, -0.2) is 29.8 Å². The van der Waals surface area contributed by atoms with Gasteiger partial charge in [0.1, 0.15) is 0 Å². The molecule has 3 rings (SSSR count). The fourth-order valence-electron chi connectivity index (χ4n) is 3.22. The number of carbonyl (C=O) groups excluding carboxylic acids is 2. The van der Waals surface area contributed by atoms with Crippen molar-refractivity contribution in [1.29, 1.82) is 0 Å². The van der Waals surface area contributed by atoms with Crippen LogP contribution in [0.5, 0.6) is 0 Å². The minimum Gasteiger partial charge on any atom is -0.339 e. The van der Waals surface area contributed by atoms with E-state index in [4.69, 9.17) is 0 Å². The van der Waals surface area contributed by atoms with Gasteiger partial charge in [-0.25, -0.2) is 0 Å². The molecule has 124 valence electrons. The molecule has 0 unspecified atom stereocenters. The Balaban J connectivity index is 1.60. The molecule has 2 aromatic rings. The highest BCUT2D eigenvalue weighted by molar-refractivity contribution is 5.95. The van der Waals surface area contributed by atoms with Crippen molar-refractivity contribution in [2.75, 3.05) is 18.4 Å². The van der Waals surface area contributed by atoms with E-state index in [2.05, 4.69) is 29.6 Å². The van der Waals surface area contributed by atoms with Gasteiger partial charge in [0.25, 0.3) is 5.91 Å². The smallest absolute Gasteiger partial charge is 0.253 e. The van der Waals surface area contributed by atoms with Crippen molar-refractivity contribution in [3.63, 3.8) is 0 Å². The van der Waals surface area contributed by atoms with Gasteiger partial charge in [-0.1, -0.05) is 30.3 Å². The molecule has 0 radical (unpaired) electrons. The topological polar surface area (TPSA) is 49.4 Å². The third kappa shape index (κ3) is 3.82. The second-order valence-electron chi connectivity index (χ2n) is 6.24. The summed E-state index contributed by atoms with van der Waals surface area (Å²) in [4.78, 5) is 25.6. The largest absolute Gasteiger partial charge is 0.339 e. The number of piperidine rings is 1. The molecule has 0 aromatic heterocycles. The predicted molar refractivity (Wildman–Crippen MR) is 95.1 cm³/mol. The van der Waals surface area contributed by atoms with E-state index in [-0.39, 0.29) is 11.8 Å². The van der Waals surface area contributed by atoms with Crippen molar-refractivity contribution in [3.05, 3.63) is 65.7 Å². The number of likely N-dealkylation sites (tertiary alicyclic amines) is 1. The quantitative estimate of drug-likeness (QED) is 0.937. The lowest BCUT2D eigenvalue weighted by Crippen LogP contribution is -2.37. The maximum atomic E-state index is 12.6. The number of nitrogens with one attached hydrogen (secondary N) is 1. The van der Waals surface area contributed by atoms with E-state index in [0.717, 1.165) is 25.9 Å². The number of rotatable bonds is 3. The summed E-state index contributed by atoms with van der Waals surface area (Å²) < 4.78 is 0. The minimum atomic E-state index is -0.114. The summed E-state index contributed by atoms with van der Waals surface area (Å²) in [5, 5.41) is 2.71. The van der Waals surface area contributed by atoms with Gasteiger partial charge in [-0.15, -0.1) is 0 Å². The number of hydrogen-bond acceptors (Lipinski definition) is 2. The molecular formula is C20H22N2O2. The van der Waals surface area contributed by atoms with Crippen molar-refractivity contribution in [1.82, 2.24) is 4.90 Å². The molecule has 1 N–H and O–H groups in total. The molecule has 0 bridgehead atoms. The lowest BCUT2D eigenvalue weighted by molar-refractivity contribution is -0.114. The Morgan fingerprint density at radius 1 is 0.958 bits per heavy atom. The standard InChI is InChI=1S/C20H22N2O2/c1-15(23)21-19-9-7-18(8-10-19)20(24)22-13-11-17(12-14-22)16-5-3-2-4-6-16/h2-10,17H,11-14H2,1H3,(H,21,23). The highest BCUT2D eigenvalue weighted by Gasteiger charge is 2.24. The van der Waals surface area contributed by atoms with Crippen LogP contribution < -0.4 is 5.32 Å². The lowest BCUT2D eigenvalue weighted by Gasteiger charge is -2.32. The van der Waals surface area contributed by atoms with Crippen molar-refractivity contribution in [3.8, 4) is 0 Å². The Bertz CT molecular complexity index is 702. The average molecular weight is 322 g/mol. The van der Waals surface area contributed by atoms with Crippen LogP contribution in [0.1, 0.15) is 41.6 Å². The van der Waals surface area contributed by atoms with Crippen molar-refractivity contribution < 1.29 is 9.59 Å². The van der Waals surface area contributed by atoms with E-state index >= 15 is 0 Å². The number of carbonyl (C=O) groups is 2. The number of benzene rings is 2. The maximum absolute atomic E-state index is 12.6. The van der Waals surface area contributed by atoms with Gasteiger partial charge in [0.2, 0.25) is 5.91 Å². The molecule has 24 heavy (non-hydrogen) atoms. The van der Waals surface area contributed by atoms with E-state index in [0.29, 0.717) is 17.2 Å². The Kier molecular flexibility index (Phi) is 4.94. The van der Waals surface area contributed by atoms with Gasteiger partial charge in [-0.3, -0.25) is 9.59 Å². The molecule has 1 fully saturated rings. The first-order valence-corrected chi connectivity index (χ1v) is 8.35. The van der Waals surface area contributed by atoms with Crippen LogP contribution in [0.3, 0.4) is 0 Å². The SMILES string of the molecule is CC(=O)Nc1ccc(C(=O)N2CCC(c3ccccc3)CC2)cc1. The van der Waals surface area contributed by atoms with E-state index in [1.165, 1.54) is 12.5 Å². The molecule has 2 amide bonds. The van der Waals surface area contributed by atoms with Crippen LogP contribution in [0.25, 0.3) is 0 Å². The molecule has 4 heteroatoms. The average Bonchev–Trinajstić information content (AvgIpc) is 2.62. The number of amides is 2. The number of hydrogen-bond donors (Lipinski definition) is 1. The van der Waals surface area contributed by atoms with E-state index < -0.39 is 0 Å². The zero-order valence-corrected chi connectivity index (χ0v) is 13.9. The first-order chi connectivity index (χ1) is 11.6. The van der Waals surface area contributed by atoms with Crippen LogP contribution in [0.4, 0.5) is 5.69 Å². The molecule has 0 saturated carbocycles. The third-order valence-electron chi connectivity index (χ3n) is 4.51. The molecule has 0 atom stereocenters. The lowest BCUT2D eigenvalue weighted by atomic mass is 9.89. The number of nitrogens with zero attached hydrogens (tertiary/aromatic N) is 1. The Morgan fingerprint density at radius 2 is 1.58 bits per heavy atom. The summed E-state index contributed by atoms with van der Waals surface area (Å²) in [6.07, 6.45) is 2.00. The monoisotopic (exact) mass is 322 g/mol. The summed E-state index contributed by atoms with van der Waals surface area (Å²) in [5.74, 6) is 0.491. The van der Waals surface area contributed by atoms with E-state index in [1.807, 2.05) is 11.0 Å².